The molecule has 1 fully saturated rings. The summed E-state index contributed by atoms with van der Waals surface area (Å²) in [5, 5.41) is 14.4. The van der Waals surface area contributed by atoms with Crippen molar-refractivity contribution in [3.8, 4) is 11.1 Å². The van der Waals surface area contributed by atoms with Crippen LogP contribution in [-0.4, -0.2) is 29.8 Å². The lowest BCUT2D eigenvalue weighted by molar-refractivity contribution is -0.116. The van der Waals surface area contributed by atoms with Crippen LogP contribution in [0.1, 0.15) is 31.2 Å². The van der Waals surface area contributed by atoms with Crippen LogP contribution in [0.3, 0.4) is 0 Å². The van der Waals surface area contributed by atoms with Crippen molar-refractivity contribution in [3.63, 3.8) is 0 Å². The van der Waals surface area contributed by atoms with Crippen LogP contribution in [0.15, 0.2) is 42.2 Å². The normalized spacial score (nSPS) is 24.3. The highest BCUT2D eigenvalue weighted by atomic mass is 35.5. The van der Waals surface area contributed by atoms with Crippen molar-refractivity contribution in [2.24, 2.45) is 0 Å². The molecule has 152 valence electrons. The van der Waals surface area contributed by atoms with Gasteiger partial charge in [-0.05, 0) is 61.1 Å². The molecule has 2 aromatic rings. The molecule has 0 radical (unpaired) electrons. The summed E-state index contributed by atoms with van der Waals surface area (Å²) in [6, 6.07) is 9.55. The smallest absolute Gasteiger partial charge is 0.256 e. The second-order valence-corrected chi connectivity index (χ2v) is 8.33. The Hall–Kier alpha value is -2.08. The number of aliphatic hydroxyl groups is 1. The Labute approximate surface area is 178 Å². The van der Waals surface area contributed by atoms with Gasteiger partial charge in [0.25, 0.3) is 5.91 Å². The lowest BCUT2D eigenvalue weighted by atomic mass is 9.79. The minimum absolute atomic E-state index is 0.0124. The zero-order valence-corrected chi connectivity index (χ0v) is 17.3. The highest BCUT2D eigenvalue weighted by Gasteiger charge is 2.48. The third-order valence-electron chi connectivity index (χ3n) is 5.88. The number of benzene rings is 2. The van der Waals surface area contributed by atoms with E-state index in [4.69, 9.17) is 27.9 Å². The maximum Gasteiger partial charge on any atom is 0.256 e. The first kappa shape index (κ1) is 20.2. The summed E-state index contributed by atoms with van der Waals surface area (Å²) < 4.78 is 19.3. The van der Waals surface area contributed by atoms with E-state index in [1.807, 2.05) is 0 Å². The molecule has 0 unspecified atom stereocenters. The van der Waals surface area contributed by atoms with Gasteiger partial charge in [-0.2, -0.15) is 0 Å². The predicted molar refractivity (Wildman–Crippen MR) is 112 cm³/mol. The van der Waals surface area contributed by atoms with Crippen molar-refractivity contribution < 1.29 is 19.0 Å². The third-order valence-corrected chi connectivity index (χ3v) is 6.51. The summed E-state index contributed by atoms with van der Waals surface area (Å²) in [6.45, 7) is 0. The minimum Gasteiger partial charge on any atom is -0.509 e. The number of hydrogen-bond donors (Lipinski definition) is 2. The summed E-state index contributed by atoms with van der Waals surface area (Å²) in [5.74, 6) is -0.881. The van der Waals surface area contributed by atoms with Crippen molar-refractivity contribution in [1.29, 1.82) is 0 Å². The van der Waals surface area contributed by atoms with Crippen LogP contribution in [-0.2, 0) is 9.53 Å². The van der Waals surface area contributed by atoms with Gasteiger partial charge in [0.15, 0.2) is 0 Å². The van der Waals surface area contributed by atoms with E-state index in [9.17, 15) is 14.3 Å². The molecule has 2 N–H and O–H groups in total. The van der Waals surface area contributed by atoms with E-state index < -0.39 is 11.4 Å². The van der Waals surface area contributed by atoms with Gasteiger partial charge in [-0.25, -0.2) is 4.39 Å². The monoisotopic (exact) mass is 435 g/mol. The number of methoxy groups -OCH3 is 1. The molecule has 2 aromatic carbocycles. The second kappa shape index (κ2) is 7.63. The molecule has 1 aliphatic carbocycles. The van der Waals surface area contributed by atoms with Gasteiger partial charge >= 0.3 is 0 Å². The van der Waals surface area contributed by atoms with Gasteiger partial charge < -0.3 is 15.2 Å². The highest BCUT2D eigenvalue weighted by molar-refractivity contribution is 6.36. The fourth-order valence-electron chi connectivity index (χ4n) is 4.19. The summed E-state index contributed by atoms with van der Waals surface area (Å²) in [5.41, 5.74) is 1.06. The van der Waals surface area contributed by atoms with Gasteiger partial charge in [0.2, 0.25) is 0 Å². The van der Waals surface area contributed by atoms with Crippen molar-refractivity contribution in [1.82, 2.24) is 5.32 Å². The molecule has 1 spiro atoms. The van der Waals surface area contributed by atoms with Crippen LogP contribution in [0.5, 0.6) is 0 Å². The molecule has 1 saturated carbocycles. The number of ether oxygens (including phenoxy) is 1. The molecule has 0 aromatic heterocycles. The Morgan fingerprint density at radius 3 is 2.34 bits per heavy atom. The summed E-state index contributed by atoms with van der Waals surface area (Å²) in [4.78, 5) is 12.8. The first-order valence-electron chi connectivity index (χ1n) is 9.39. The summed E-state index contributed by atoms with van der Waals surface area (Å²) in [7, 11) is 1.67. The van der Waals surface area contributed by atoms with E-state index in [0.717, 1.165) is 12.8 Å². The van der Waals surface area contributed by atoms with E-state index in [-0.39, 0.29) is 28.4 Å². The molecule has 1 heterocycles. The van der Waals surface area contributed by atoms with Crippen LogP contribution in [0.25, 0.3) is 16.7 Å². The van der Waals surface area contributed by atoms with Crippen LogP contribution < -0.4 is 5.32 Å². The van der Waals surface area contributed by atoms with Gasteiger partial charge in [0.1, 0.15) is 11.6 Å². The number of halogens is 3. The molecule has 0 bridgehead atoms. The Morgan fingerprint density at radius 2 is 1.72 bits per heavy atom. The fraction of sp³-hybridized carbons (Fsp3) is 0.318. The van der Waals surface area contributed by atoms with Gasteiger partial charge in [-0.3, -0.25) is 4.79 Å². The van der Waals surface area contributed by atoms with Gasteiger partial charge in [0, 0.05) is 17.7 Å². The average Bonchev–Trinajstić information content (AvgIpc) is 2.95. The largest absolute Gasteiger partial charge is 0.509 e. The molecule has 2 aliphatic rings. The molecule has 1 amide bonds. The lowest BCUT2D eigenvalue weighted by Crippen LogP contribution is -2.48. The summed E-state index contributed by atoms with van der Waals surface area (Å²) in [6.07, 6.45) is 2.79. The molecule has 0 saturated heterocycles. The van der Waals surface area contributed by atoms with Crippen molar-refractivity contribution in [3.05, 3.63) is 63.6 Å². The number of nitrogens with one attached hydrogen (secondary N) is 1. The molecule has 1 aliphatic heterocycles. The Balaban J connectivity index is 1.75. The molecule has 0 atom stereocenters. The standard InChI is InChI=1S/C22H20Cl2FNO3/c1-29-14-6-8-22(9-7-14)20(27)19(21(28)26-22)15-10-12(2-4-16(15)23)13-3-5-17(24)18(25)11-13/h2-5,10-11,14,27H,6-9H2,1H3,(H,26,28). The van der Waals surface area contributed by atoms with Crippen molar-refractivity contribution in [2.45, 2.75) is 37.3 Å². The Morgan fingerprint density at radius 1 is 1.10 bits per heavy atom. The Bertz CT molecular complexity index is 1010. The second-order valence-electron chi connectivity index (χ2n) is 7.52. The number of aliphatic hydroxyl groups excluding tert-OH is 1. The quantitative estimate of drug-likeness (QED) is 0.666. The zero-order chi connectivity index (χ0) is 20.8. The molecule has 4 rings (SSSR count). The van der Waals surface area contributed by atoms with Gasteiger partial charge in [-0.1, -0.05) is 35.3 Å². The first-order chi connectivity index (χ1) is 13.8. The molecule has 4 nitrogen and oxygen atoms in total. The molecular weight excluding hydrogens is 416 g/mol. The average molecular weight is 436 g/mol. The van der Waals surface area contributed by atoms with Crippen LogP contribution in [0, 0.1) is 5.82 Å². The van der Waals surface area contributed by atoms with Gasteiger partial charge in [0.05, 0.1) is 22.2 Å². The van der Waals surface area contributed by atoms with Crippen molar-refractivity contribution in [2.75, 3.05) is 7.11 Å². The van der Waals surface area contributed by atoms with Crippen LogP contribution in [0.2, 0.25) is 10.0 Å². The van der Waals surface area contributed by atoms with E-state index in [0.29, 0.717) is 34.6 Å². The number of carbonyl (C=O) groups excluding carboxylic acids is 1. The topological polar surface area (TPSA) is 58.6 Å². The maximum atomic E-state index is 13.9. The van der Waals surface area contributed by atoms with Crippen LogP contribution >= 0.6 is 23.2 Å². The van der Waals surface area contributed by atoms with E-state index >= 15 is 0 Å². The van der Waals surface area contributed by atoms with Crippen molar-refractivity contribution >= 4 is 34.7 Å². The summed E-state index contributed by atoms with van der Waals surface area (Å²) >= 11 is 12.2. The van der Waals surface area contributed by atoms with E-state index in [1.165, 1.54) is 12.1 Å². The van der Waals surface area contributed by atoms with Gasteiger partial charge in [-0.15, -0.1) is 0 Å². The Kier molecular flexibility index (Phi) is 5.32. The third kappa shape index (κ3) is 3.52. The lowest BCUT2D eigenvalue weighted by Gasteiger charge is -2.36. The number of amides is 1. The highest BCUT2D eigenvalue weighted by Crippen LogP contribution is 2.43. The number of rotatable bonds is 3. The van der Waals surface area contributed by atoms with Crippen LogP contribution in [0.4, 0.5) is 4.39 Å². The first-order valence-corrected chi connectivity index (χ1v) is 10.1. The number of hydrogen-bond acceptors (Lipinski definition) is 3. The predicted octanol–water partition coefficient (Wildman–Crippen LogP) is 5.53. The maximum absolute atomic E-state index is 13.9. The molecule has 29 heavy (non-hydrogen) atoms. The van der Waals surface area contributed by atoms with E-state index in [1.54, 1.807) is 31.4 Å². The molecule has 7 heteroatoms. The molecular formula is C22H20Cl2FNO3. The minimum atomic E-state index is -0.785. The zero-order valence-electron chi connectivity index (χ0n) is 15.8. The number of carbonyl (C=O) groups is 1. The fourth-order valence-corrected chi connectivity index (χ4v) is 4.52. The SMILES string of the molecule is COC1CCC2(CC1)NC(=O)C(c1cc(-c3ccc(Cl)c(F)c3)ccc1Cl)=C2O. The van der Waals surface area contributed by atoms with E-state index in [2.05, 4.69) is 5.32 Å².